The van der Waals surface area contributed by atoms with Crippen LogP contribution in [0.25, 0.3) is 0 Å². The third kappa shape index (κ3) is 3.87. The van der Waals surface area contributed by atoms with E-state index in [9.17, 15) is 13.2 Å². The van der Waals surface area contributed by atoms with Gasteiger partial charge in [-0.2, -0.15) is 18.2 Å². The molecule has 0 aliphatic carbocycles. The first kappa shape index (κ1) is 17.8. The predicted octanol–water partition coefficient (Wildman–Crippen LogP) is 4.06. The van der Waals surface area contributed by atoms with E-state index in [1.807, 2.05) is 13.0 Å². The number of nitrogens with zero attached hydrogens (tertiary/aromatic N) is 3. The summed E-state index contributed by atoms with van der Waals surface area (Å²) in [5.74, 6) is 0.156. The fourth-order valence-corrected chi connectivity index (χ4v) is 2.05. The Morgan fingerprint density at radius 1 is 1.21 bits per heavy atom. The maximum absolute atomic E-state index is 12.9. The van der Waals surface area contributed by atoms with Gasteiger partial charge in [0.1, 0.15) is 11.3 Å². The number of benzene rings is 1. The summed E-state index contributed by atoms with van der Waals surface area (Å²) in [6, 6.07) is 7.17. The van der Waals surface area contributed by atoms with E-state index in [-0.39, 0.29) is 5.95 Å². The van der Waals surface area contributed by atoms with Gasteiger partial charge < -0.3 is 14.4 Å². The Morgan fingerprint density at radius 3 is 2.54 bits per heavy atom. The standard InChI is InChI=1S/C16H18F3N3O2/c1-4-9-24-13-8-6-5-7-12(13)22(2)15-20-10-11(16(17,18)19)14(21-15)23-3/h5-8,10H,4,9H2,1-3H3. The van der Waals surface area contributed by atoms with Crippen LogP contribution in [0.2, 0.25) is 0 Å². The molecule has 0 bridgehead atoms. The third-order valence-corrected chi connectivity index (χ3v) is 3.23. The molecule has 0 unspecified atom stereocenters. The van der Waals surface area contributed by atoms with E-state index >= 15 is 0 Å². The maximum atomic E-state index is 12.9. The van der Waals surface area contributed by atoms with E-state index in [1.165, 1.54) is 0 Å². The number of ether oxygens (including phenoxy) is 2. The van der Waals surface area contributed by atoms with Crippen molar-refractivity contribution in [1.29, 1.82) is 0 Å². The summed E-state index contributed by atoms with van der Waals surface area (Å²) in [6.07, 6.45) is -3.03. The molecule has 1 aromatic heterocycles. The number of hydrogen-bond acceptors (Lipinski definition) is 5. The second kappa shape index (κ2) is 7.37. The van der Waals surface area contributed by atoms with Crippen LogP contribution < -0.4 is 14.4 Å². The summed E-state index contributed by atoms with van der Waals surface area (Å²) >= 11 is 0. The molecule has 0 saturated heterocycles. The third-order valence-electron chi connectivity index (χ3n) is 3.23. The Balaban J connectivity index is 2.39. The van der Waals surface area contributed by atoms with Gasteiger partial charge in [-0.15, -0.1) is 0 Å². The van der Waals surface area contributed by atoms with Crippen molar-refractivity contribution >= 4 is 11.6 Å². The van der Waals surface area contributed by atoms with Crippen LogP contribution in [0, 0.1) is 0 Å². The maximum Gasteiger partial charge on any atom is 0.423 e. The molecular weight excluding hydrogens is 323 g/mol. The van der Waals surface area contributed by atoms with E-state index in [1.54, 1.807) is 30.1 Å². The molecule has 2 rings (SSSR count). The van der Waals surface area contributed by atoms with Crippen molar-refractivity contribution < 1.29 is 22.6 Å². The molecule has 0 amide bonds. The van der Waals surface area contributed by atoms with Crippen LogP contribution >= 0.6 is 0 Å². The average Bonchev–Trinajstić information content (AvgIpc) is 2.58. The zero-order chi connectivity index (χ0) is 17.7. The quantitative estimate of drug-likeness (QED) is 0.793. The van der Waals surface area contributed by atoms with Gasteiger partial charge in [-0.05, 0) is 18.6 Å². The minimum atomic E-state index is -4.58. The smallest absolute Gasteiger partial charge is 0.423 e. The summed E-state index contributed by atoms with van der Waals surface area (Å²) in [4.78, 5) is 9.23. The molecule has 0 spiro atoms. The second-order valence-electron chi connectivity index (χ2n) is 4.97. The highest BCUT2D eigenvalue weighted by Gasteiger charge is 2.36. The van der Waals surface area contributed by atoms with Crippen molar-refractivity contribution in [2.75, 3.05) is 25.7 Å². The molecule has 0 fully saturated rings. The van der Waals surface area contributed by atoms with Gasteiger partial charge in [-0.1, -0.05) is 19.1 Å². The van der Waals surface area contributed by atoms with Gasteiger partial charge in [0.05, 0.1) is 19.4 Å². The SMILES string of the molecule is CCCOc1ccccc1N(C)c1ncc(C(F)(F)F)c(OC)n1. The van der Waals surface area contributed by atoms with Crippen LogP contribution in [0.15, 0.2) is 30.5 Å². The lowest BCUT2D eigenvalue weighted by atomic mass is 10.2. The lowest BCUT2D eigenvalue weighted by Crippen LogP contribution is -2.17. The second-order valence-corrected chi connectivity index (χ2v) is 4.97. The van der Waals surface area contributed by atoms with Crippen LogP contribution in [0.4, 0.5) is 24.8 Å². The van der Waals surface area contributed by atoms with Crippen molar-refractivity contribution in [1.82, 2.24) is 9.97 Å². The van der Waals surface area contributed by atoms with E-state index in [4.69, 9.17) is 9.47 Å². The number of methoxy groups -OCH3 is 1. The van der Waals surface area contributed by atoms with Gasteiger partial charge >= 0.3 is 6.18 Å². The molecule has 2 aromatic rings. The topological polar surface area (TPSA) is 47.5 Å². The van der Waals surface area contributed by atoms with Gasteiger partial charge in [0, 0.05) is 13.2 Å². The summed E-state index contributed by atoms with van der Waals surface area (Å²) in [5, 5.41) is 0. The van der Waals surface area contributed by atoms with Crippen LogP contribution in [0.5, 0.6) is 11.6 Å². The molecule has 1 aromatic carbocycles. The Morgan fingerprint density at radius 2 is 1.92 bits per heavy atom. The zero-order valence-electron chi connectivity index (χ0n) is 13.6. The van der Waals surface area contributed by atoms with Crippen LogP contribution in [0.1, 0.15) is 18.9 Å². The average molecular weight is 341 g/mol. The fraction of sp³-hybridized carbons (Fsp3) is 0.375. The monoisotopic (exact) mass is 341 g/mol. The highest BCUT2D eigenvalue weighted by molar-refractivity contribution is 5.65. The van der Waals surface area contributed by atoms with E-state index in [0.29, 0.717) is 24.2 Å². The molecule has 0 N–H and O–H groups in total. The molecule has 0 saturated carbocycles. The zero-order valence-corrected chi connectivity index (χ0v) is 13.6. The first-order valence-electron chi connectivity index (χ1n) is 7.32. The summed E-state index contributed by atoms with van der Waals surface area (Å²) in [5.41, 5.74) is -0.370. The van der Waals surface area contributed by atoms with Crippen LogP contribution in [0.3, 0.4) is 0 Å². The Kier molecular flexibility index (Phi) is 5.48. The molecule has 130 valence electrons. The number of para-hydroxylation sites is 2. The molecule has 1 heterocycles. The lowest BCUT2D eigenvalue weighted by molar-refractivity contribution is -0.139. The predicted molar refractivity (Wildman–Crippen MR) is 83.9 cm³/mol. The molecule has 0 aliphatic heterocycles. The van der Waals surface area contributed by atoms with Gasteiger partial charge in [0.25, 0.3) is 0 Å². The highest BCUT2D eigenvalue weighted by Crippen LogP contribution is 2.37. The number of alkyl halides is 3. The fourth-order valence-electron chi connectivity index (χ4n) is 2.05. The van der Waals surface area contributed by atoms with Gasteiger partial charge in [0.15, 0.2) is 0 Å². The first-order valence-corrected chi connectivity index (χ1v) is 7.32. The number of hydrogen-bond donors (Lipinski definition) is 0. The Hall–Kier alpha value is -2.51. The molecule has 0 aliphatic rings. The minimum absolute atomic E-state index is 0.0763. The van der Waals surface area contributed by atoms with E-state index < -0.39 is 17.6 Å². The van der Waals surface area contributed by atoms with Crippen molar-refractivity contribution in [3.8, 4) is 11.6 Å². The molecule has 24 heavy (non-hydrogen) atoms. The van der Waals surface area contributed by atoms with Gasteiger partial charge in [0.2, 0.25) is 11.8 Å². The number of aromatic nitrogens is 2. The molecular formula is C16H18F3N3O2. The van der Waals surface area contributed by atoms with E-state index in [0.717, 1.165) is 13.5 Å². The Labute approximate surface area is 138 Å². The van der Waals surface area contributed by atoms with Crippen LogP contribution in [-0.4, -0.2) is 30.7 Å². The number of halogens is 3. The Bertz CT molecular complexity index is 693. The normalized spacial score (nSPS) is 11.2. The highest BCUT2D eigenvalue weighted by atomic mass is 19.4. The molecule has 0 radical (unpaired) electrons. The number of anilines is 2. The van der Waals surface area contributed by atoms with Crippen molar-refractivity contribution in [2.24, 2.45) is 0 Å². The van der Waals surface area contributed by atoms with Crippen molar-refractivity contribution in [2.45, 2.75) is 19.5 Å². The van der Waals surface area contributed by atoms with Crippen molar-refractivity contribution in [3.63, 3.8) is 0 Å². The largest absolute Gasteiger partial charge is 0.491 e. The van der Waals surface area contributed by atoms with E-state index in [2.05, 4.69) is 9.97 Å². The molecule has 0 atom stereocenters. The lowest BCUT2D eigenvalue weighted by Gasteiger charge is -2.21. The van der Waals surface area contributed by atoms with Crippen molar-refractivity contribution in [3.05, 3.63) is 36.0 Å². The molecule has 8 heteroatoms. The summed E-state index contributed by atoms with van der Waals surface area (Å²) in [6.45, 7) is 2.51. The number of rotatable bonds is 6. The molecule has 5 nitrogen and oxygen atoms in total. The van der Waals surface area contributed by atoms with Gasteiger partial charge in [-0.25, -0.2) is 4.98 Å². The summed E-state index contributed by atoms with van der Waals surface area (Å²) in [7, 11) is 2.79. The van der Waals surface area contributed by atoms with Crippen LogP contribution in [-0.2, 0) is 6.18 Å². The summed E-state index contributed by atoms with van der Waals surface area (Å²) < 4.78 is 49.1. The minimum Gasteiger partial charge on any atom is -0.491 e. The van der Waals surface area contributed by atoms with Gasteiger partial charge in [-0.3, -0.25) is 0 Å². The first-order chi connectivity index (χ1) is 11.4.